The molecule has 1 heterocycles. The van der Waals surface area contributed by atoms with Crippen LogP contribution in [0.15, 0.2) is 4.42 Å². The Kier molecular flexibility index (Phi) is 3.24. The Morgan fingerprint density at radius 2 is 2.19 bits per heavy atom. The highest BCUT2D eigenvalue weighted by molar-refractivity contribution is 5.66. The van der Waals surface area contributed by atoms with Crippen LogP contribution in [0.2, 0.25) is 0 Å². The number of oxazole rings is 1. The van der Waals surface area contributed by atoms with Crippen LogP contribution in [0.5, 0.6) is 0 Å². The van der Waals surface area contributed by atoms with E-state index < -0.39 is 12.1 Å². The molecule has 1 unspecified atom stereocenters. The minimum Gasteiger partial charge on any atom is -0.481 e. The van der Waals surface area contributed by atoms with Crippen molar-refractivity contribution in [3.05, 3.63) is 17.3 Å². The second-order valence-corrected chi connectivity index (χ2v) is 4.08. The van der Waals surface area contributed by atoms with Gasteiger partial charge in [0.1, 0.15) is 11.9 Å². The monoisotopic (exact) mass is 225 g/mol. The molecule has 2 rings (SSSR count). The second-order valence-electron chi connectivity index (χ2n) is 4.08. The van der Waals surface area contributed by atoms with Crippen LogP contribution in [0.25, 0.3) is 0 Å². The molecule has 1 atom stereocenters. The van der Waals surface area contributed by atoms with Crippen LogP contribution in [0.4, 0.5) is 0 Å². The Morgan fingerprint density at radius 1 is 1.44 bits per heavy atom. The summed E-state index contributed by atoms with van der Waals surface area (Å²) < 4.78 is 5.45. The topological polar surface area (TPSA) is 83.6 Å². The van der Waals surface area contributed by atoms with Crippen LogP contribution < -0.4 is 0 Å². The lowest BCUT2D eigenvalue weighted by molar-refractivity contribution is -0.137. The van der Waals surface area contributed by atoms with Gasteiger partial charge in [-0.2, -0.15) is 0 Å². The molecule has 0 saturated carbocycles. The van der Waals surface area contributed by atoms with Gasteiger partial charge in [0.05, 0.1) is 5.69 Å². The molecule has 0 amide bonds. The van der Waals surface area contributed by atoms with Crippen LogP contribution >= 0.6 is 0 Å². The van der Waals surface area contributed by atoms with Crippen molar-refractivity contribution in [3.8, 4) is 0 Å². The molecule has 0 saturated heterocycles. The molecule has 16 heavy (non-hydrogen) atoms. The van der Waals surface area contributed by atoms with Crippen LogP contribution in [-0.4, -0.2) is 21.2 Å². The van der Waals surface area contributed by atoms with Crippen molar-refractivity contribution in [2.24, 2.45) is 0 Å². The van der Waals surface area contributed by atoms with Gasteiger partial charge in [0.2, 0.25) is 5.89 Å². The summed E-state index contributed by atoms with van der Waals surface area (Å²) in [4.78, 5) is 14.6. The van der Waals surface area contributed by atoms with Gasteiger partial charge in [-0.15, -0.1) is 0 Å². The first-order valence-electron chi connectivity index (χ1n) is 5.55. The average molecular weight is 225 g/mol. The molecule has 1 aliphatic rings. The Hall–Kier alpha value is -1.36. The molecule has 0 aliphatic heterocycles. The number of aromatic nitrogens is 1. The van der Waals surface area contributed by atoms with E-state index in [1.165, 1.54) is 0 Å². The summed E-state index contributed by atoms with van der Waals surface area (Å²) in [6, 6.07) is 0. The van der Waals surface area contributed by atoms with E-state index in [2.05, 4.69) is 4.98 Å². The first kappa shape index (κ1) is 11.1. The van der Waals surface area contributed by atoms with E-state index >= 15 is 0 Å². The minimum absolute atomic E-state index is 0.0752. The average Bonchev–Trinajstić information content (AvgIpc) is 2.69. The van der Waals surface area contributed by atoms with Gasteiger partial charge in [-0.25, -0.2) is 4.98 Å². The number of aryl methyl sites for hydroxylation is 2. The van der Waals surface area contributed by atoms with Crippen molar-refractivity contribution in [1.29, 1.82) is 0 Å². The van der Waals surface area contributed by atoms with Crippen LogP contribution in [0.1, 0.15) is 49.1 Å². The maximum Gasteiger partial charge on any atom is 0.303 e. The Morgan fingerprint density at radius 3 is 2.88 bits per heavy atom. The van der Waals surface area contributed by atoms with Gasteiger partial charge in [0.25, 0.3) is 0 Å². The number of carboxylic acid groups (broad SMARTS) is 1. The maximum absolute atomic E-state index is 10.4. The first-order chi connectivity index (χ1) is 7.66. The predicted molar refractivity (Wildman–Crippen MR) is 55.0 cm³/mol. The Bertz CT molecular complexity index is 362. The van der Waals surface area contributed by atoms with Crippen LogP contribution in [-0.2, 0) is 17.6 Å². The molecule has 5 heteroatoms. The van der Waals surface area contributed by atoms with Gasteiger partial charge in [-0.3, -0.25) is 4.79 Å². The third kappa shape index (κ3) is 2.41. The SMILES string of the molecule is O=C(O)CCC(O)c1nc2c(o1)CCCC2. The zero-order valence-electron chi connectivity index (χ0n) is 8.98. The van der Waals surface area contributed by atoms with Crippen molar-refractivity contribution in [3.63, 3.8) is 0 Å². The van der Waals surface area contributed by atoms with E-state index in [1.54, 1.807) is 0 Å². The van der Waals surface area contributed by atoms with E-state index in [0.717, 1.165) is 37.1 Å². The molecule has 88 valence electrons. The number of nitrogens with zero attached hydrogens (tertiary/aromatic N) is 1. The van der Waals surface area contributed by atoms with Gasteiger partial charge < -0.3 is 14.6 Å². The van der Waals surface area contributed by atoms with Crippen molar-refractivity contribution >= 4 is 5.97 Å². The summed E-state index contributed by atoms with van der Waals surface area (Å²) in [6.07, 6.45) is 3.13. The predicted octanol–water partition coefficient (Wildman–Crippen LogP) is 1.45. The van der Waals surface area contributed by atoms with Crippen molar-refractivity contribution in [2.75, 3.05) is 0 Å². The Labute approximate surface area is 93.1 Å². The number of rotatable bonds is 4. The fraction of sp³-hybridized carbons (Fsp3) is 0.636. The van der Waals surface area contributed by atoms with Gasteiger partial charge >= 0.3 is 5.97 Å². The minimum atomic E-state index is -0.921. The highest BCUT2D eigenvalue weighted by Crippen LogP contribution is 2.26. The van der Waals surface area contributed by atoms with Gasteiger partial charge in [0.15, 0.2) is 0 Å². The quantitative estimate of drug-likeness (QED) is 0.810. The zero-order chi connectivity index (χ0) is 11.5. The smallest absolute Gasteiger partial charge is 0.303 e. The van der Waals surface area contributed by atoms with E-state index in [4.69, 9.17) is 9.52 Å². The summed E-state index contributed by atoms with van der Waals surface area (Å²) in [6.45, 7) is 0. The van der Waals surface area contributed by atoms with E-state index in [0.29, 0.717) is 0 Å². The number of fused-ring (bicyclic) bond motifs is 1. The number of aliphatic hydroxyl groups excluding tert-OH is 1. The van der Waals surface area contributed by atoms with Crippen molar-refractivity contribution in [2.45, 2.75) is 44.6 Å². The molecule has 0 bridgehead atoms. The fourth-order valence-corrected chi connectivity index (χ4v) is 1.90. The number of hydrogen-bond donors (Lipinski definition) is 2. The lowest BCUT2D eigenvalue weighted by Gasteiger charge is -2.05. The van der Waals surface area contributed by atoms with Crippen LogP contribution in [0.3, 0.4) is 0 Å². The van der Waals surface area contributed by atoms with Gasteiger partial charge in [-0.1, -0.05) is 0 Å². The third-order valence-electron chi connectivity index (χ3n) is 2.78. The van der Waals surface area contributed by atoms with E-state index in [1.807, 2.05) is 0 Å². The molecule has 1 aromatic rings. The second kappa shape index (κ2) is 4.65. The molecule has 1 aromatic heterocycles. The van der Waals surface area contributed by atoms with Crippen LogP contribution in [0, 0.1) is 0 Å². The molecule has 0 radical (unpaired) electrons. The molecule has 5 nitrogen and oxygen atoms in total. The maximum atomic E-state index is 10.4. The lowest BCUT2D eigenvalue weighted by Crippen LogP contribution is -2.03. The zero-order valence-corrected chi connectivity index (χ0v) is 8.98. The highest BCUT2D eigenvalue weighted by Gasteiger charge is 2.21. The highest BCUT2D eigenvalue weighted by atomic mass is 16.4. The molecular weight excluding hydrogens is 210 g/mol. The standard InChI is InChI=1S/C11H15NO4/c13-8(5-6-10(14)15)11-12-7-3-1-2-4-9(7)16-11/h8,13H,1-6H2,(H,14,15). The van der Waals surface area contributed by atoms with Crippen molar-refractivity contribution in [1.82, 2.24) is 4.98 Å². The summed E-state index contributed by atoms with van der Waals surface area (Å²) >= 11 is 0. The number of hydrogen-bond acceptors (Lipinski definition) is 4. The number of aliphatic hydroxyl groups is 1. The lowest BCUT2D eigenvalue weighted by atomic mass is 10.0. The first-order valence-corrected chi connectivity index (χ1v) is 5.55. The molecule has 1 aliphatic carbocycles. The Balaban J connectivity index is 2.03. The number of aliphatic carboxylic acids is 1. The summed E-state index contributed by atoms with van der Waals surface area (Å²) in [5.41, 5.74) is 0.927. The van der Waals surface area contributed by atoms with Gasteiger partial charge in [-0.05, 0) is 25.7 Å². The van der Waals surface area contributed by atoms with Gasteiger partial charge in [0, 0.05) is 12.8 Å². The van der Waals surface area contributed by atoms with Crippen molar-refractivity contribution < 1.29 is 19.4 Å². The fourth-order valence-electron chi connectivity index (χ4n) is 1.90. The van der Waals surface area contributed by atoms with E-state index in [-0.39, 0.29) is 18.7 Å². The number of carbonyl (C=O) groups is 1. The molecule has 0 spiro atoms. The normalized spacial score (nSPS) is 16.8. The largest absolute Gasteiger partial charge is 0.481 e. The summed E-state index contributed by atoms with van der Waals surface area (Å²) in [5, 5.41) is 18.2. The number of carboxylic acids is 1. The molecule has 0 fully saturated rings. The summed E-state index contributed by atoms with van der Waals surface area (Å²) in [7, 11) is 0. The molecular formula is C11H15NO4. The third-order valence-corrected chi connectivity index (χ3v) is 2.78. The molecule has 2 N–H and O–H groups in total. The van der Waals surface area contributed by atoms with E-state index in [9.17, 15) is 9.90 Å². The molecule has 0 aromatic carbocycles. The summed E-state index contributed by atoms with van der Waals surface area (Å²) in [5.74, 6) is 0.208.